The van der Waals surface area contributed by atoms with Crippen molar-refractivity contribution in [1.82, 2.24) is 4.98 Å². The first-order valence-corrected chi connectivity index (χ1v) is 6.54. The molecule has 1 aromatic heterocycles. The number of hydrogen-bond donors (Lipinski definition) is 1. The highest BCUT2D eigenvalue weighted by Gasteiger charge is 2.13. The molecule has 2 aromatic rings. The van der Waals surface area contributed by atoms with Crippen LogP contribution in [0.3, 0.4) is 0 Å². The van der Waals surface area contributed by atoms with E-state index in [0.717, 1.165) is 16.2 Å². The van der Waals surface area contributed by atoms with Gasteiger partial charge in [0, 0.05) is 9.50 Å². The number of amides is 1. The van der Waals surface area contributed by atoms with Crippen molar-refractivity contribution >= 4 is 39.3 Å². The standard InChI is InChI=1S/C13H9BrClFN2O/c1-7-10(14)4-5-12(17-7)18-13(19)9-3-2-8(15)6-11(9)16/h2-6H,1H3,(H,17,18,19). The van der Waals surface area contributed by atoms with Gasteiger partial charge in [0.05, 0.1) is 11.3 Å². The first kappa shape index (κ1) is 14.0. The number of carbonyl (C=O) groups excluding carboxylic acids is 1. The summed E-state index contributed by atoms with van der Waals surface area (Å²) in [4.78, 5) is 16.1. The maximum atomic E-state index is 13.6. The van der Waals surface area contributed by atoms with E-state index >= 15 is 0 Å². The molecular formula is C13H9BrClFN2O. The highest BCUT2D eigenvalue weighted by atomic mass is 79.9. The Bertz CT molecular complexity index is 649. The molecule has 1 amide bonds. The summed E-state index contributed by atoms with van der Waals surface area (Å²) in [7, 11) is 0. The fraction of sp³-hybridized carbons (Fsp3) is 0.0769. The number of aryl methyl sites for hydroxylation is 1. The molecule has 0 saturated carbocycles. The third-order valence-corrected chi connectivity index (χ3v) is 3.51. The van der Waals surface area contributed by atoms with E-state index in [0.29, 0.717) is 5.82 Å². The third kappa shape index (κ3) is 3.30. The zero-order valence-electron chi connectivity index (χ0n) is 9.88. The average Bonchev–Trinajstić information content (AvgIpc) is 2.33. The first-order valence-electron chi connectivity index (χ1n) is 5.37. The van der Waals surface area contributed by atoms with Crippen LogP contribution in [0.2, 0.25) is 5.02 Å². The summed E-state index contributed by atoms with van der Waals surface area (Å²) in [5.74, 6) is -0.873. The quantitative estimate of drug-likeness (QED) is 0.888. The number of nitrogens with zero attached hydrogens (tertiary/aromatic N) is 1. The Labute approximate surface area is 122 Å². The molecule has 0 aliphatic rings. The van der Waals surface area contributed by atoms with Gasteiger partial charge in [0.1, 0.15) is 11.6 Å². The molecular weight excluding hydrogens is 335 g/mol. The molecule has 1 aromatic carbocycles. The first-order chi connectivity index (χ1) is 8.97. The van der Waals surface area contributed by atoms with Crippen molar-refractivity contribution in [1.29, 1.82) is 0 Å². The van der Waals surface area contributed by atoms with Crippen LogP contribution in [0, 0.1) is 12.7 Å². The molecule has 1 N–H and O–H groups in total. The molecule has 1 heterocycles. The summed E-state index contributed by atoms with van der Waals surface area (Å²) in [5, 5.41) is 2.77. The fourth-order valence-electron chi connectivity index (χ4n) is 1.47. The summed E-state index contributed by atoms with van der Waals surface area (Å²) in [6.07, 6.45) is 0. The van der Waals surface area contributed by atoms with Crippen molar-refractivity contribution in [2.24, 2.45) is 0 Å². The Balaban J connectivity index is 2.23. The number of benzene rings is 1. The van der Waals surface area contributed by atoms with Gasteiger partial charge in [-0.1, -0.05) is 11.6 Å². The van der Waals surface area contributed by atoms with Crippen molar-refractivity contribution in [3.8, 4) is 0 Å². The highest BCUT2D eigenvalue weighted by Crippen LogP contribution is 2.18. The van der Waals surface area contributed by atoms with E-state index in [1.807, 2.05) is 0 Å². The lowest BCUT2D eigenvalue weighted by atomic mass is 10.2. The van der Waals surface area contributed by atoms with Crippen LogP contribution in [0.1, 0.15) is 16.1 Å². The van der Waals surface area contributed by atoms with E-state index in [2.05, 4.69) is 26.2 Å². The van der Waals surface area contributed by atoms with E-state index in [1.165, 1.54) is 12.1 Å². The summed E-state index contributed by atoms with van der Waals surface area (Å²) < 4.78 is 14.4. The molecule has 0 aliphatic carbocycles. The molecule has 98 valence electrons. The van der Waals surface area contributed by atoms with E-state index in [4.69, 9.17) is 11.6 Å². The molecule has 6 heteroatoms. The van der Waals surface area contributed by atoms with Crippen molar-refractivity contribution in [3.05, 3.63) is 56.9 Å². The lowest BCUT2D eigenvalue weighted by Gasteiger charge is -2.07. The fourth-order valence-corrected chi connectivity index (χ4v) is 1.85. The predicted molar refractivity (Wildman–Crippen MR) is 76.0 cm³/mol. The van der Waals surface area contributed by atoms with Gasteiger partial charge in [-0.15, -0.1) is 0 Å². The maximum Gasteiger partial charge on any atom is 0.259 e. The van der Waals surface area contributed by atoms with Crippen LogP contribution >= 0.6 is 27.5 Å². The van der Waals surface area contributed by atoms with Crippen LogP contribution in [-0.2, 0) is 0 Å². The van der Waals surface area contributed by atoms with E-state index < -0.39 is 11.7 Å². The van der Waals surface area contributed by atoms with Crippen LogP contribution in [0.25, 0.3) is 0 Å². The number of carbonyl (C=O) groups is 1. The molecule has 0 spiro atoms. The van der Waals surface area contributed by atoms with Crippen LogP contribution < -0.4 is 5.32 Å². The summed E-state index contributed by atoms with van der Waals surface area (Å²) in [6.45, 7) is 1.79. The number of hydrogen-bond acceptors (Lipinski definition) is 2. The van der Waals surface area contributed by atoms with Gasteiger partial charge in [-0.05, 0) is 53.2 Å². The Hall–Kier alpha value is -1.46. The van der Waals surface area contributed by atoms with Crippen LogP contribution in [-0.4, -0.2) is 10.9 Å². The summed E-state index contributed by atoms with van der Waals surface area (Å²) >= 11 is 8.94. The lowest BCUT2D eigenvalue weighted by Crippen LogP contribution is -2.14. The average molecular weight is 344 g/mol. The number of pyridine rings is 1. The van der Waals surface area contributed by atoms with Crippen LogP contribution in [0.15, 0.2) is 34.8 Å². The largest absolute Gasteiger partial charge is 0.306 e. The van der Waals surface area contributed by atoms with Gasteiger partial charge >= 0.3 is 0 Å². The monoisotopic (exact) mass is 342 g/mol. The van der Waals surface area contributed by atoms with Crippen molar-refractivity contribution in [2.45, 2.75) is 6.92 Å². The number of nitrogens with one attached hydrogen (secondary N) is 1. The minimum Gasteiger partial charge on any atom is -0.306 e. The number of anilines is 1. The minimum absolute atomic E-state index is 0.0771. The van der Waals surface area contributed by atoms with Crippen LogP contribution in [0.5, 0.6) is 0 Å². The zero-order chi connectivity index (χ0) is 14.0. The van der Waals surface area contributed by atoms with Crippen molar-refractivity contribution in [2.75, 3.05) is 5.32 Å². The molecule has 0 aliphatic heterocycles. The van der Waals surface area contributed by atoms with Gasteiger partial charge in [0.25, 0.3) is 5.91 Å². The van der Waals surface area contributed by atoms with Gasteiger partial charge in [-0.2, -0.15) is 0 Å². The van der Waals surface area contributed by atoms with Gasteiger partial charge in [0.15, 0.2) is 0 Å². The molecule has 0 unspecified atom stereocenters. The molecule has 0 bridgehead atoms. The zero-order valence-corrected chi connectivity index (χ0v) is 12.2. The molecule has 0 atom stereocenters. The van der Waals surface area contributed by atoms with Gasteiger partial charge in [-0.3, -0.25) is 4.79 Å². The second-order valence-electron chi connectivity index (χ2n) is 3.84. The van der Waals surface area contributed by atoms with E-state index in [-0.39, 0.29) is 10.6 Å². The lowest BCUT2D eigenvalue weighted by molar-refractivity contribution is 0.102. The minimum atomic E-state index is -0.668. The molecule has 0 fully saturated rings. The number of rotatable bonds is 2. The normalized spacial score (nSPS) is 10.3. The van der Waals surface area contributed by atoms with Gasteiger partial charge in [-0.25, -0.2) is 9.37 Å². The Morgan fingerprint density at radius 3 is 2.74 bits per heavy atom. The number of aromatic nitrogens is 1. The molecule has 3 nitrogen and oxygen atoms in total. The second-order valence-corrected chi connectivity index (χ2v) is 5.13. The van der Waals surface area contributed by atoms with E-state index in [1.54, 1.807) is 19.1 Å². The predicted octanol–water partition coefficient (Wildman–Crippen LogP) is 4.20. The maximum absolute atomic E-state index is 13.6. The summed E-state index contributed by atoms with van der Waals surface area (Å²) in [6, 6.07) is 7.27. The smallest absolute Gasteiger partial charge is 0.259 e. The Morgan fingerprint density at radius 1 is 1.37 bits per heavy atom. The SMILES string of the molecule is Cc1nc(NC(=O)c2ccc(Cl)cc2F)ccc1Br. The van der Waals surface area contributed by atoms with Gasteiger partial charge < -0.3 is 5.32 Å². The topological polar surface area (TPSA) is 42.0 Å². The van der Waals surface area contributed by atoms with Crippen molar-refractivity contribution in [3.63, 3.8) is 0 Å². The molecule has 2 rings (SSSR count). The second kappa shape index (κ2) is 5.67. The Kier molecular flexibility index (Phi) is 4.17. The summed E-state index contributed by atoms with van der Waals surface area (Å²) in [5.41, 5.74) is 0.654. The number of halogens is 3. The Morgan fingerprint density at radius 2 is 2.11 bits per heavy atom. The molecule has 0 radical (unpaired) electrons. The molecule has 0 saturated heterocycles. The van der Waals surface area contributed by atoms with Gasteiger partial charge in [0.2, 0.25) is 0 Å². The molecule has 19 heavy (non-hydrogen) atoms. The van der Waals surface area contributed by atoms with Crippen molar-refractivity contribution < 1.29 is 9.18 Å². The van der Waals surface area contributed by atoms with E-state index in [9.17, 15) is 9.18 Å². The third-order valence-electron chi connectivity index (χ3n) is 2.44. The highest BCUT2D eigenvalue weighted by molar-refractivity contribution is 9.10. The van der Waals surface area contributed by atoms with Crippen LogP contribution in [0.4, 0.5) is 10.2 Å².